The van der Waals surface area contributed by atoms with Crippen molar-refractivity contribution in [2.45, 2.75) is 59.0 Å². The number of fused-ring (bicyclic) bond motifs is 1. The standard InChI is InChI=1S/C32H39NO5/c1-4-9-21(16-22-10-8-13-24(35)17-22)14-15-28(36)29-25(20(2)3)18-26-30(27(29)19-34)32(38)33(31(26)37)23-11-6-5-7-12-23/h5-8,10-13,16-17,20,26-28,30,34-36H,4,9,14-15,18-19H2,1-3H3/b21-16+/t26-,27+,28-,30-/m1/s1. The lowest BCUT2D eigenvalue weighted by Gasteiger charge is -2.38. The van der Waals surface area contributed by atoms with Gasteiger partial charge in [-0.2, -0.15) is 0 Å². The SMILES string of the molecule is CCC/C(=C\c1cccc(O)c1)CC[C@@H](O)C1=C(C(C)C)C[C@H]2C(=O)N(c3ccccc3)C(=O)[C@H]2[C@H]1CO. The number of para-hydroxylation sites is 1. The monoisotopic (exact) mass is 517 g/mol. The molecule has 2 aromatic rings. The summed E-state index contributed by atoms with van der Waals surface area (Å²) >= 11 is 0. The van der Waals surface area contributed by atoms with Crippen LogP contribution in [0.25, 0.3) is 6.08 Å². The van der Waals surface area contributed by atoms with Gasteiger partial charge in [0.15, 0.2) is 0 Å². The van der Waals surface area contributed by atoms with Crippen molar-refractivity contribution >= 4 is 23.6 Å². The fourth-order valence-corrected chi connectivity index (χ4v) is 6.19. The van der Waals surface area contributed by atoms with Gasteiger partial charge in [0.05, 0.1) is 30.2 Å². The number of imide groups is 1. The van der Waals surface area contributed by atoms with Gasteiger partial charge < -0.3 is 15.3 Å². The lowest BCUT2D eigenvalue weighted by atomic mass is 9.66. The number of nitrogens with zero attached hydrogens (tertiary/aromatic N) is 1. The Kier molecular flexibility index (Phi) is 8.85. The molecule has 6 heteroatoms. The number of rotatable bonds is 10. The summed E-state index contributed by atoms with van der Waals surface area (Å²) in [5.74, 6) is -2.06. The third-order valence-corrected chi connectivity index (χ3v) is 7.94. The molecule has 0 aromatic heterocycles. The molecular formula is C32H39NO5. The Labute approximate surface area is 225 Å². The van der Waals surface area contributed by atoms with Gasteiger partial charge in [0, 0.05) is 5.92 Å². The van der Waals surface area contributed by atoms with Crippen molar-refractivity contribution in [3.05, 3.63) is 76.9 Å². The average molecular weight is 518 g/mol. The Morgan fingerprint density at radius 1 is 1.05 bits per heavy atom. The van der Waals surface area contributed by atoms with E-state index in [-0.39, 0.29) is 30.1 Å². The van der Waals surface area contributed by atoms with Gasteiger partial charge in [-0.05, 0) is 67.0 Å². The number of benzene rings is 2. The molecule has 3 N–H and O–H groups in total. The molecule has 4 atom stereocenters. The first-order valence-electron chi connectivity index (χ1n) is 13.7. The summed E-state index contributed by atoms with van der Waals surface area (Å²) in [6.07, 6.45) is 4.57. The topological polar surface area (TPSA) is 98.1 Å². The van der Waals surface area contributed by atoms with E-state index in [9.17, 15) is 24.9 Å². The molecule has 1 saturated heterocycles. The zero-order chi connectivity index (χ0) is 27.4. The predicted octanol–water partition coefficient (Wildman–Crippen LogP) is 5.49. The Bertz CT molecular complexity index is 1220. The molecule has 0 spiro atoms. The van der Waals surface area contributed by atoms with Crippen LogP contribution in [0.5, 0.6) is 5.75 Å². The van der Waals surface area contributed by atoms with E-state index in [1.165, 1.54) is 10.5 Å². The van der Waals surface area contributed by atoms with Crippen LogP contribution >= 0.6 is 0 Å². The highest BCUT2D eigenvalue weighted by Gasteiger charge is 2.55. The largest absolute Gasteiger partial charge is 0.508 e. The summed E-state index contributed by atoms with van der Waals surface area (Å²) in [6, 6.07) is 16.0. The first kappa shape index (κ1) is 27.8. The quantitative estimate of drug-likeness (QED) is 0.286. The van der Waals surface area contributed by atoms with Crippen molar-refractivity contribution in [2.75, 3.05) is 11.5 Å². The van der Waals surface area contributed by atoms with E-state index in [4.69, 9.17) is 0 Å². The minimum atomic E-state index is -0.830. The molecule has 2 amide bonds. The van der Waals surface area contributed by atoms with Crippen LogP contribution in [0.4, 0.5) is 5.69 Å². The number of aliphatic hydroxyl groups excluding tert-OH is 2. The van der Waals surface area contributed by atoms with Crippen molar-refractivity contribution in [2.24, 2.45) is 23.7 Å². The molecule has 6 nitrogen and oxygen atoms in total. The molecule has 2 aromatic carbocycles. The van der Waals surface area contributed by atoms with Crippen molar-refractivity contribution in [3.63, 3.8) is 0 Å². The van der Waals surface area contributed by atoms with E-state index in [1.807, 2.05) is 32.0 Å². The number of phenols is 1. The molecule has 0 unspecified atom stereocenters. The minimum absolute atomic E-state index is 0.0706. The number of hydrogen-bond acceptors (Lipinski definition) is 5. The molecule has 0 radical (unpaired) electrons. The molecule has 1 aliphatic carbocycles. The number of aliphatic hydroxyl groups is 2. The van der Waals surface area contributed by atoms with E-state index < -0.39 is 23.9 Å². The maximum absolute atomic E-state index is 13.6. The van der Waals surface area contributed by atoms with Gasteiger partial charge in [-0.25, -0.2) is 0 Å². The van der Waals surface area contributed by atoms with Gasteiger partial charge in [-0.1, -0.05) is 74.7 Å². The molecule has 38 heavy (non-hydrogen) atoms. The number of carbonyl (C=O) groups excluding carboxylic acids is 2. The van der Waals surface area contributed by atoms with Crippen LogP contribution < -0.4 is 4.90 Å². The molecule has 2 aliphatic rings. The third kappa shape index (κ3) is 5.62. The zero-order valence-electron chi connectivity index (χ0n) is 22.5. The number of anilines is 1. The molecule has 1 heterocycles. The van der Waals surface area contributed by atoms with Crippen LogP contribution in [0.3, 0.4) is 0 Å². The van der Waals surface area contributed by atoms with Gasteiger partial charge >= 0.3 is 0 Å². The first-order chi connectivity index (χ1) is 18.3. The lowest BCUT2D eigenvalue weighted by molar-refractivity contribution is -0.123. The summed E-state index contributed by atoms with van der Waals surface area (Å²) in [7, 11) is 0. The fraction of sp³-hybridized carbons (Fsp3) is 0.438. The predicted molar refractivity (Wildman–Crippen MR) is 149 cm³/mol. The zero-order valence-corrected chi connectivity index (χ0v) is 22.5. The van der Waals surface area contributed by atoms with Crippen molar-refractivity contribution < 1.29 is 24.9 Å². The second-order valence-electron chi connectivity index (χ2n) is 10.8. The summed E-state index contributed by atoms with van der Waals surface area (Å²) in [6.45, 7) is 5.89. The number of allylic oxidation sites excluding steroid dienone is 2. The van der Waals surface area contributed by atoms with Gasteiger partial charge in [-0.3, -0.25) is 14.5 Å². The number of aromatic hydroxyl groups is 1. The van der Waals surface area contributed by atoms with Crippen LogP contribution in [-0.2, 0) is 9.59 Å². The van der Waals surface area contributed by atoms with Crippen LogP contribution in [0.15, 0.2) is 71.3 Å². The Morgan fingerprint density at radius 3 is 2.42 bits per heavy atom. The number of hydrogen-bond donors (Lipinski definition) is 3. The maximum Gasteiger partial charge on any atom is 0.238 e. The van der Waals surface area contributed by atoms with Gasteiger partial charge in [0.25, 0.3) is 0 Å². The highest BCUT2D eigenvalue weighted by Crippen LogP contribution is 2.48. The number of carbonyl (C=O) groups is 2. The Balaban J connectivity index is 1.61. The highest BCUT2D eigenvalue weighted by atomic mass is 16.3. The highest BCUT2D eigenvalue weighted by molar-refractivity contribution is 6.22. The van der Waals surface area contributed by atoms with Gasteiger partial charge in [0.1, 0.15) is 5.75 Å². The van der Waals surface area contributed by atoms with Crippen LogP contribution in [0.1, 0.15) is 58.4 Å². The van der Waals surface area contributed by atoms with Gasteiger partial charge in [0.2, 0.25) is 11.8 Å². The van der Waals surface area contributed by atoms with E-state index in [1.54, 1.807) is 36.4 Å². The summed E-state index contributed by atoms with van der Waals surface area (Å²) < 4.78 is 0. The van der Waals surface area contributed by atoms with Crippen LogP contribution in [-0.4, -0.2) is 39.8 Å². The first-order valence-corrected chi connectivity index (χ1v) is 13.7. The number of amides is 2. The van der Waals surface area contributed by atoms with E-state index in [0.717, 1.165) is 29.6 Å². The van der Waals surface area contributed by atoms with Crippen molar-refractivity contribution in [3.8, 4) is 5.75 Å². The van der Waals surface area contributed by atoms with Crippen molar-refractivity contribution in [1.82, 2.24) is 0 Å². The third-order valence-electron chi connectivity index (χ3n) is 7.94. The summed E-state index contributed by atoms with van der Waals surface area (Å²) in [4.78, 5) is 28.3. The second-order valence-corrected chi connectivity index (χ2v) is 10.8. The molecule has 1 aliphatic heterocycles. The normalized spacial score (nSPS) is 22.8. The molecule has 0 bridgehead atoms. The average Bonchev–Trinajstić information content (AvgIpc) is 3.15. The number of phenolic OH excluding ortho intramolecular Hbond substituents is 1. The smallest absolute Gasteiger partial charge is 0.238 e. The summed E-state index contributed by atoms with van der Waals surface area (Å²) in [5, 5.41) is 31.9. The summed E-state index contributed by atoms with van der Waals surface area (Å²) in [5.41, 5.74) is 4.33. The van der Waals surface area contributed by atoms with E-state index in [2.05, 4.69) is 13.0 Å². The van der Waals surface area contributed by atoms with E-state index in [0.29, 0.717) is 24.9 Å². The molecule has 202 valence electrons. The minimum Gasteiger partial charge on any atom is -0.508 e. The van der Waals surface area contributed by atoms with Gasteiger partial charge in [-0.15, -0.1) is 0 Å². The Hall–Kier alpha value is -3.22. The molecule has 0 saturated carbocycles. The fourth-order valence-electron chi connectivity index (χ4n) is 6.19. The van der Waals surface area contributed by atoms with Crippen LogP contribution in [0.2, 0.25) is 0 Å². The maximum atomic E-state index is 13.6. The van der Waals surface area contributed by atoms with Crippen molar-refractivity contribution in [1.29, 1.82) is 0 Å². The van der Waals surface area contributed by atoms with Crippen LogP contribution in [0, 0.1) is 23.7 Å². The second kappa shape index (κ2) is 12.1. The lowest BCUT2D eigenvalue weighted by Crippen LogP contribution is -2.39. The molecule has 1 fully saturated rings. The molecule has 4 rings (SSSR count). The van der Waals surface area contributed by atoms with E-state index >= 15 is 0 Å². The Morgan fingerprint density at radius 2 is 1.79 bits per heavy atom. The molecular weight excluding hydrogens is 478 g/mol.